The van der Waals surface area contributed by atoms with Crippen molar-refractivity contribution in [3.63, 3.8) is 0 Å². The molecule has 0 fully saturated rings. The summed E-state index contributed by atoms with van der Waals surface area (Å²) in [7, 11) is 1.87. The Morgan fingerprint density at radius 1 is 1.10 bits per heavy atom. The van der Waals surface area contributed by atoms with Crippen LogP contribution in [0.1, 0.15) is 23.9 Å². The normalized spacial score (nSPS) is 12.0. The van der Waals surface area contributed by atoms with E-state index in [9.17, 15) is 14.4 Å². The van der Waals surface area contributed by atoms with Gasteiger partial charge >= 0.3 is 5.69 Å². The number of para-hydroxylation sites is 1. The van der Waals surface area contributed by atoms with Crippen LogP contribution in [0, 0.1) is 0 Å². The second kappa shape index (κ2) is 8.20. The molecular formula is C22H21N5O3. The Labute approximate surface area is 171 Å². The maximum absolute atomic E-state index is 12.8. The van der Waals surface area contributed by atoms with Gasteiger partial charge in [-0.2, -0.15) is 0 Å². The largest absolute Gasteiger partial charge is 0.342 e. The van der Waals surface area contributed by atoms with Crippen LogP contribution >= 0.6 is 0 Å². The first-order chi connectivity index (χ1) is 14.5. The van der Waals surface area contributed by atoms with Crippen molar-refractivity contribution in [1.29, 1.82) is 0 Å². The molecule has 0 radical (unpaired) electrons. The summed E-state index contributed by atoms with van der Waals surface area (Å²) in [6.45, 7) is 0.143. The molecule has 1 atom stereocenters. The van der Waals surface area contributed by atoms with Gasteiger partial charge in [-0.3, -0.25) is 19.1 Å². The predicted molar refractivity (Wildman–Crippen MR) is 113 cm³/mol. The van der Waals surface area contributed by atoms with Gasteiger partial charge in [0.25, 0.3) is 5.56 Å². The highest BCUT2D eigenvalue weighted by molar-refractivity contribution is 5.79. The zero-order valence-corrected chi connectivity index (χ0v) is 16.4. The monoisotopic (exact) mass is 403 g/mol. The number of nitrogens with one attached hydrogen (secondary N) is 2. The van der Waals surface area contributed by atoms with Crippen molar-refractivity contribution in [2.75, 3.05) is 0 Å². The molecule has 0 unspecified atom stereocenters. The fraction of sp³-hybridized carbons (Fsp3) is 0.182. The summed E-state index contributed by atoms with van der Waals surface area (Å²) in [5, 5.41) is 3.43. The highest BCUT2D eigenvalue weighted by atomic mass is 16.2. The third-order valence-corrected chi connectivity index (χ3v) is 5.02. The lowest BCUT2D eigenvalue weighted by molar-refractivity contribution is -0.121. The predicted octanol–water partition coefficient (Wildman–Crippen LogP) is 1.72. The van der Waals surface area contributed by atoms with Crippen LogP contribution in [0.3, 0.4) is 0 Å². The molecule has 1 amide bonds. The number of rotatable bonds is 6. The highest BCUT2D eigenvalue weighted by Crippen LogP contribution is 2.20. The average Bonchev–Trinajstić information content (AvgIpc) is 3.18. The Kier molecular flexibility index (Phi) is 5.30. The number of hydrogen-bond donors (Lipinski definition) is 2. The number of aryl methyl sites for hydroxylation is 2. The van der Waals surface area contributed by atoms with E-state index in [-0.39, 0.29) is 18.9 Å². The second-order valence-electron chi connectivity index (χ2n) is 6.99. The fourth-order valence-corrected chi connectivity index (χ4v) is 3.51. The van der Waals surface area contributed by atoms with Crippen LogP contribution in [-0.4, -0.2) is 25.0 Å². The van der Waals surface area contributed by atoms with Gasteiger partial charge in [-0.25, -0.2) is 9.78 Å². The first-order valence-corrected chi connectivity index (χ1v) is 9.58. The van der Waals surface area contributed by atoms with Crippen molar-refractivity contribution in [2.24, 2.45) is 7.05 Å². The van der Waals surface area contributed by atoms with Crippen molar-refractivity contribution in [3.05, 3.63) is 99.2 Å². The number of hydrogen-bond acceptors (Lipinski definition) is 4. The van der Waals surface area contributed by atoms with Crippen molar-refractivity contribution >= 4 is 16.8 Å². The van der Waals surface area contributed by atoms with Gasteiger partial charge in [0.15, 0.2) is 0 Å². The molecule has 0 bridgehead atoms. The van der Waals surface area contributed by atoms with E-state index in [0.29, 0.717) is 16.7 Å². The minimum atomic E-state index is -0.532. The van der Waals surface area contributed by atoms with E-state index in [2.05, 4.69) is 15.3 Å². The van der Waals surface area contributed by atoms with Gasteiger partial charge in [-0.15, -0.1) is 0 Å². The number of aromatic nitrogens is 4. The zero-order chi connectivity index (χ0) is 21.1. The summed E-state index contributed by atoms with van der Waals surface area (Å²) in [5.74, 6) is 0.482. The molecule has 4 aromatic rings. The van der Waals surface area contributed by atoms with Crippen LogP contribution < -0.4 is 16.6 Å². The number of benzene rings is 2. The highest BCUT2D eigenvalue weighted by Gasteiger charge is 2.20. The maximum atomic E-state index is 12.8. The van der Waals surface area contributed by atoms with Crippen LogP contribution in [0.5, 0.6) is 0 Å². The number of amides is 1. The Morgan fingerprint density at radius 2 is 1.83 bits per heavy atom. The molecular weight excluding hydrogens is 382 g/mol. The third-order valence-electron chi connectivity index (χ3n) is 5.02. The van der Waals surface area contributed by atoms with E-state index < -0.39 is 17.3 Å². The van der Waals surface area contributed by atoms with E-state index in [4.69, 9.17) is 0 Å². The van der Waals surface area contributed by atoms with E-state index in [1.807, 2.05) is 48.1 Å². The Bertz CT molecular complexity index is 1300. The van der Waals surface area contributed by atoms with Crippen LogP contribution in [-0.2, 0) is 18.4 Å². The fourth-order valence-electron chi connectivity index (χ4n) is 3.51. The summed E-state index contributed by atoms with van der Waals surface area (Å²) in [4.78, 5) is 43.8. The topological polar surface area (TPSA) is 102 Å². The number of carbonyl (C=O) groups is 1. The van der Waals surface area contributed by atoms with Gasteiger partial charge in [-0.05, 0) is 17.7 Å². The summed E-state index contributed by atoms with van der Waals surface area (Å²) in [6.07, 6.45) is 3.58. The molecule has 0 aliphatic carbocycles. The maximum Gasteiger partial charge on any atom is 0.328 e. The number of imidazole rings is 1. The lowest BCUT2D eigenvalue weighted by Gasteiger charge is -2.19. The van der Waals surface area contributed by atoms with E-state index in [1.54, 1.807) is 30.5 Å². The molecule has 8 nitrogen and oxygen atoms in total. The number of nitrogens with zero attached hydrogens (tertiary/aromatic N) is 3. The molecule has 4 rings (SSSR count). The van der Waals surface area contributed by atoms with Crippen molar-refractivity contribution in [3.8, 4) is 0 Å². The Hall–Kier alpha value is -3.94. The van der Waals surface area contributed by atoms with E-state index in [0.717, 1.165) is 5.56 Å². The molecule has 2 heterocycles. The third kappa shape index (κ3) is 3.80. The van der Waals surface area contributed by atoms with Crippen LogP contribution in [0.15, 0.2) is 76.6 Å². The van der Waals surface area contributed by atoms with Crippen molar-refractivity contribution < 1.29 is 4.79 Å². The number of carbonyl (C=O) groups excluding carboxylic acids is 1. The molecule has 2 aromatic carbocycles. The van der Waals surface area contributed by atoms with E-state index >= 15 is 0 Å². The van der Waals surface area contributed by atoms with Gasteiger partial charge in [0.2, 0.25) is 5.91 Å². The molecule has 0 aliphatic heterocycles. The number of H-pyrrole nitrogens is 1. The molecule has 2 aromatic heterocycles. The van der Waals surface area contributed by atoms with Gasteiger partial charge in [0.05, 0.1) is 10.9 Å². The Morgan fingerprint density at radius 3 is 2.57 bits per heavy atom. The van der Waals surface area contributed by atoms with Crippen molar-refractivity contribution in [1.82, 2.24) is 24.4 Å². The number of fused-ring (bicyclic) bond motifs is 1. The van der Waals surface area contributed by atoms with Crippen LogP contribution in [0.25, 0.3) is 10.9 Å². The molecule has 30 heavy (non-hydrogen) atoms. The van der Waals surface area contributed by atoms with Crippen LogP contribution in [0.4, 0.5) is 0 Å². The molecule has 0 saturated carbocycles. The van der Waals surface area contributed by atoms with Gasteiger partial charge in [0, 0.05) is 32.4 Å². The Balaban J connectivity index is 1.57. The van der Waals surface area contributed by atoms with Gasteiger partial charge < -0.3 is 9.88 Å². The quantitative estimate of drug-likeness (QED) is 0.512. The summed E-state index contributed by atoms with van der Waals surface area (Å²) in [5.41, 5.74) is 0.444. The molecule has 8 heteroatoms. The first kappa shape index (κ1) is 19.4. The average molecular weight is 403 g/mol. The number of aromatic amines is 1. The minimum absolute atomic E-state index is 0.0731. The molecule has 2 N–H and O–H groups in total. The van der Waals surface area contributed by atoms with Crippen LogP contribution in [0.2, 0.25) is 0 Å². The van der Waals surface area contributed by atoms with Gasteiger partial charge in [-0.1, -0.05) is 42.5 Å². The standard InChI is InChI=1S/C22H21N5O3/c1-26-14-12-23-20(26)19(15-7-3-2-4-8-15)24-18(28)11-13-27-17-10-6-5-9-16(17)21(29)25-22(27)30/h2-10,12,14,19H,11,13H2,1H3,(H,24,28)(H,25,29,30)/t19-/m1/s1. The molecule has 0 spiro atoms. The summed E-state index contributed by atoms with van der Waals surface area (Å²) < 4.78 is 3.27. The smallest absolute Gasteiger partial charge is 0.328 e. The second-order valence-corrected chi connectivity index (χ2v) is 6.99. The first-order valence-electron chi connectivity index (χ1n) is 9.58. The molecule has 0 aliphatic rings. The lowest BCUT2D eigenvalue weighted by atomic mass is 10.1. The van der Waals surface area contributed by atoms with E-state index in [1.165, 1.54) is 4.57 Å². The molecule has 0 saturated heterocycles. The lowest BCUT2D eigenvalue weighted by Crippen LogP contribution is -2.34. The summed E-state index contributed by atoms with van der Waals surface area (Å²) in [6, 6.07) is 16.0. The minimum Gasteiger partial charge on any atom is -0.342 e. The molecule has 152 valence electrons. The SMILES string of the molecule is Cn1ccnc1[C@H](NC(=O)CCn1c(=O)[nH]c(=O)c2ccccc21)c1ccccc1. The zero-order valence-electron chi connectivity index (χ0n) is 16.4. The summed E-state index contributed by atoms with van der Waals surface area (Å²) >= 11 is 0. The van der Waals surface area contributed by atoms with Crippen molar-refractivity contribution in [2.45, 2.75) is 19.0 Å². The van der Waals surface area contributed by atoms with Gasteiger partial charge in [0.1, 0.15) is 11.9 Å².